The number of carbonyl (C=O) groups excluding carboxylic acids is 2. The fourth-order valence-corrected chi connectivity index (χ4v) is 7.26. The number of hydrogen-bond acceptors (Lipinski definition) is 5. The van der Waals surface area contributed by atoms with Gasteiger partial charge in [-0.2, -0.15) is 0 Å². The summed E-state index contributed by atoms with van der Waals surface area (Å²) in [5.41, 5.74) is 0.639. The third-order valence-electron chi connectivity index (χ3n) is 7.44. The average molecular weight is 413 g/mol. The molecular formula is C23H28N2O3S. The number of thiazole rings is 1. The zero-order valence-electron chi connectivity index (χ0n) is 17.1. The number of hydrogen-bond donors (Lipinski definition) is 0. The summed E-state index contributed by atoms with van der Waals surface area (Å²) in [5.74, 6) is 1.75. The fourth-order valence-electron chi connectivity index (χ4n) is 6.19. The van der Waals surface area contributed by atoms with Crippen molar-refractivity contribution < 1.29 is 14.3 Å². The Bertz CT molecular complexity index is 884. The number of nitrogens with zero attached hydrogens (tertiary/aromatic N) is 2. The van der Waals surface area contributed by atoms with Crippen LogP contribution < -0.4 is 0 Å². The fraction of sp³-hybridized carbons (Fsp3) is 0.609. The van der Waals surface area contributed by atoms with Gasteiger partial charge in [0.2, 0.25) is 0 Å². The van der Waals surface area contributed by atoms with E-state index in [2.05, 4.69) is 4.98 Å². The predicted molar refractivity (Wildman–Crippen MR) is 112 cm³/mol. The van der Waals surface area contributed by atoms with E-state index in [1.807, 2.05) is 31.2 Å². The quantitative estimate of drug-likeness (QED) is 0.675. The summed E-state index contributed by atoms with van der Waals surface area (Å²) in [6, 6.07) is 7.83. The van der Waals surface area contributed by atoms with Crippen molar-refractivity contribution in [2.75, 3.05) is 13.7 Å². The molecular weight excluding hydrogens is 384 g/mol. The van der Waals surface area contributed by atoms with Gasteiger partial charge in [-0.1, -0.05) is 12.1 Å². The molecule has 0 N–H and O–H groups in total. The van der Waals surface area contributed by atoms with Crippen molar-refractivity contribution in [3.8, 4) is 0 Å². The Morgan fingerprint density at radius 1 is 1.17 bits per heavy atom. The van der Waals surface area contributed by atoms with E-state index in [-0.39, 0.29) is 29.9 Å². The van der Waals surface area contributed by atoms with Crippen LogP contribution in [0.25, 0.3) is 10.2 Å². The second-order valence-corrected chi connectivity index (χ2v) is 10.5. The molecule has 4 aliphatic rings. The Kier molecular flexibility index (Phi) is 4.65. The molecule has 4 fully saturated rings. The Hall–Kier alpha value is -1.95. The van der Waals surface area contributed by atoms with Gasteiger partial charge in [0, 0.05) is 7.05 Å². The number of aromatic nitrogens is 1. The molecule has 2 aromatic rings. The lowest BCUT2D eigenvalue weighted by Crippen LogP contribution is -2.51. The number of amides is 1. The van der Waals surface area contributed by atoms with Crippen LogP contribution in [0.3, 0.4) is 0 Å². The van der Waals surface area contributed by atoms with Gasteiger partial charge in [-0.25, -0.2) is 4.98 Å². The molecule has 1 aromatic heterocycles. The van der Waals surface area contributed by atoms with Crippen LogP contribution in [0.2, 0.25) is 0 Å². The van der Waals surface area contributed by atoms with Gasteiger partial charge >= 0.3 is 5.97 Å². The number of likely N-dealkylation sites (N-methyl/N-ethyl adjacent to an activating group) is 1. The molecule has 4 aliphatic carbocycles. The van der Waals surface area contributed by atoms with Gasteiger partial charge < -0.3 is 9.64 Å². The maximum atomic E-state index is 13.0. The van der Waals surface area contributed by atoms with Gasteiger partial charge in [-0.05, 0) is 75.3 Å². The third-order valence-corrected chi connectivity index (χ3v) is 8.65. The van der Waals surface area contributed by atoms with E-state index < -0.39 is 0 Å². The highest BCUT2D eigenvalue weighted by atomic mass is 32.1. The number of esters is 1. The molecule has 154 valence electrons. The van der Waals surface area contributed by atoms with Gasteiger partial charge in [0.1, 0.15) is 5.01 Å². The van der Waals surface area contributed by atoms with Crippen molar-refractivity contribution in [1.82, 2.24) is 9.88 Å². The lowest BCUT2D eigenvalue weighted by atomic mass is 9.49. The monoisotopic (exact) mass is 412 g/mol. The van der Waals surface area contributed by atoms with Gasteiger partial charge in [-0.15, -0.1) is 11.3 Å². The summed E-state index contributed by atoms with van der Waals surface area (Å²) in [6.45, 7) is 1.79. The van der Waals surface area contributed by atoms with E-state index in [0.29, 0.717) is 17.8 Å². The molecule has 0 radical (unpaired) electrons. The van der Waals surface area contributed by atoms with E-state index in [1.54, 1.807) is 23.3 Å². The first-order valence-electron chi connectivity index (χ1n) is 10.7. The molecule has 1 heterocycles. The highest BCUT2D eigenvalue weighted by Gasteiger charge is 2.55. The Balaban J connectivity index is 1.21. The number of benzene rings is 1. The van der Waals surface area contributed by atoms with Crippen molar-refractivity contribution >= 4 is 33.4 Å². The molecule has 29 heavy (non-hydrogen) atoms. The second kappa shape index (κ2) is 7.08. The lowest BCUT2D eigenvalue weighted by Gasteiger charge is -2.55. The van der Waals surface area contributed by atoms with Crippen LogP contribution in [0.1, 0.15) is 56.5 Å². The van der Waals surface area contributed by atoms with E-state index >= 15 is 0 Å². The maximum Gasteiger partial charge on any atom is 0.312 e. The molecule has 6 heteroatoms. The summed E-state index contributed by atoms with van der Waals surface area (Å²) in [7, 11) is 1.76. The normalized spacial score (nSPS) is 31.0. The topological polar surface area (TPSA) is 59.5 Å². The Labute approximate surface area is 175 Å². The number of rotatable bonds is 5. The molecule has 1 atom stereocenters. The molecule has 4 bridgehead atoms. The SMILES string of the molecule is C[C@H](c1nc2ccccc2s1)N(C)C(=O)COC(=O)C12CC3CC(CC(C3)C1)C2. The maximum absolute atomic E-state index is 13.0. The lowest BCUT2D eigenvalue weighted by molar-refractivity contribution is -0.174. The molecule has 0 spiro atoms. The number of ether oxygens (including phenoxy) is 1. The predicted octanol–water partition coefficient (Wildman–Crippen LogP) is 4.58. The molecule has 4 saturated carbocycles. The summed E-state index contributed by atoms with van der Waals surface area (Å²) >= 11 is 1.60. The standard InChI is InChI=1S/C23H28N2O3S/c1-14(21-24-18-5-3-4-6-19(18)29-21)25(2)20(26)13-28-22(27)23-10-15-7-16(11-23)9-17(8-15)12-23/h3-6,14-17H,7-13H2,1-2H3/t14-,15?,16?,17?,23?/m1/s1. The van der Waals surface area contributed by atoms with Gasteiger partial charge in [0.05, 0.1) is 21.7 Å². The smallest absolute Gasteiger partial charge is 0.312 e. The van der Waals surface area contributed by atoms with Crippen LogP contribution in [-0.2, 0) is 14.3 Å². The van der Waals surface area contributed by atoms with Crippen LogP contribution in [-0.4, -0.2) is 35.4 Å². The van der Waals surface area contributed by atoms with Crippen molar-refractivity contribution in [3.05, 3.63) is 29.3 Å². The minimum Gasteiger partial charge on any atom is -0.455 e. The highest BCUT2D eigenvalue weighted by Crippen LogP contribution is 2.60. The molecule has 5 nitrogen and oxygen atoms in total. The first-order chi connectivity index (χ1) is 13.9. The average Bonchev–Trinajstić information content (AvgIpc) is 3.13. The summed E-state index contributed by atoms with van der Waals surface area (Å²) in [6.07, 6.45) is 6.74. The van der Waals surface area contributed by atoms with Crippen LogP contribution in [0.5, 0.6) is 0 Å². The minimum atomic E-state index is -0.313. The van der Waals surface area contributed by atoms with Crippen LogP contribution >= 0.6 is 11.3 Å². The zero-order chi connectivity index (χ0) is 20.2. The molecule has 0 saturated heterocycles. The molecule has 1 amide bonds. The van der Waals surface area contributed by atoms with E-state index in [9.17, 15) is 9.59 Å². The van der Waals surface area contributed by atoms with Gasteiger partial charge in [-0.3, -0.25) is 9.59 Å². The number of para-hydroxylation sites is 1. The van der Waals surface area contributed by atoms with Crippen LogP contribution in [0.4, 0.5) is 0 Å². The van der Waals surface area contributed by atoms with Crippen molar-refractivity contribution in [2.45, 2.75) is 51.5 Å². The largest absolute Gasteiger partial charge is 0.455 e. The Morgan fingerprint density at radius 2 is 1.79 bits per heavy atom. The van der Waals surface area contributed by atoms with Crippen molar-refractivity contribution in [1.29, 1.82) is 0 Å². The molecule has 6 rings (SSSR count). The van der Waals surface area contributed by atoms with Crippen molar-refractivity contribution in [3.63, 3.8) is 0 Å². The van der Waals surface area contributed by atoms with Crippen LogP contribution in [0, 0.1) is 23.2 Å². The molecule has 1 aromatic carbocycles. The van der Waals surface area contributed by atoms with Gasteiger partial charge in [0.25, 0.3) is 5.91 Å². The second-order valence-electron chi connectivity index (χ2n) is 9.47. The third kappa shape index (κ3) is 3.35. The Morgan fingerprint density at radius 3 is 2.41 bits per heavy atom. The first kappa shape index (κ1) is 19.0. The van der Waals surface area contributed by atoms with Crippen LogP contribution in [0.15, 0.2) is 24.3 Å². The van der Waals surface area contributed by atoms with Crippen molar-refractivity contribution in [2.24, 2.45) is 23.2 Å². The molecule has 0 unspecified atom stereocenters. The van der Waals surface area contributed by atoms with E-state index in [1.165, 1.54) is 19.3 Å². The zero-order valence-corrected chi connectivity index (χ0v) is 17.9. The van der Waals surface area contributed by atoms with E-state index in [0.717, 1.165) is 34.5 Å². The first-order valence-corrected chi connectivity index (χ1v) is 11.5. The number of fused-ring (bicyclic) bond motifs is 1. The molecule has 0 aliphatic heterocycles. The summed E-state index contributed by atoms with van der Waals surface area (Å²) in [4.78, 5) is 32.0. The summed E-state index contributed by atoms with van der Waals surface area (Å²) < 4.78 is 6.72. The number of carbonyl (C=O) groups is 2. The minimum absolute atomic E-state index is 0.133. The van der Waals surface area contributed by atoms with Gasteiger partial charge in [0.15, 0.2) is 6.61 Å². The van der Waals surface area contributed by atoms with E-state index in [4.69, 9.17) is 4.74 Å². The highest BCUT2D eigenvalue weighted by molar-refractivity contribution is 7.18. The summed E-state index contributed by atoms with van der Waals surface area (Å²) in [5, 5.41) is 0.898.